The number of nitrogens with zero attached hydrogens (tertiary/aromatic N) is 1. The first-order valence-electron chi connectivity index (χ1n) is 10.6. The van der Waals surface area contributed by atoms with E-state index in [0.29, 0.717) is 26.1 Å². The third kappa shape index (κ3) is 5.02. The van der Waals surface area contributed by atoms with Gasteiger partial charge in [-0.05, 0) is 37.0 Å². The van der Waals surface area contributed by atoms with Crippen molar-refractivity contribution < 1.29 is 19.1 Å². The molecule has 1 N–H and O–H groups in total. The summed E-state index contributed by atoms with van der Waals surface area (Å²) in [4.78, 5) is 40.5. The van der Waals surface area contributed by atoms with Crippen molar-refractivity contribution in [1.82, 2.24) is 10.2 Å². The molecule has 0 saturated carbocycles. The molecule has 1 atom stereocenters. The van der Waals surface area contributed by atoms with E-state index in [-0.39, 0.29) is 30.6 Å². The summed E-state index contributed by atoms with van der Waals surface area (Å²) in [6.45, 7) is 5.06. The van der Waals surface area contributed by atoms with Crippen LogP contribution in [0, 0.1) is 13.8 Å². The molecule has 164 valence electrons. The minimum absolute atomic E-state index is 0.00161. The fourth-order valence-corrected chi connectivity index (χ4v) is 4.19. The Morgan fingerprint density at radius 3 is 2.48 bits per heavy atom. The van der Waals surface area contributed by atoms with Gasteiger partial charge in [-0.25, -0.2) is 0 Å². The number of hydrogen-bond acceptors (Lipinski definition) is 4. The topological polar surface area (TPSA) is 75.7 Å². The smallest absolute Gasteiger partial charge is 0.240 e. The Kier molecular flexibility index (Phi) is 7.23. The highest BCUT2D eigenvalue weighted by atomic mass is 16.5. The number of aryl methyl sites for hydroxylation is 2. The fraction of sp³-hybridized carbons (Fsp3) is 0.400. The zero-order valence-electron chi connectivity index (χ0n) is 18.4. The highest BCUT2D eigenvalue weighted by Gasteiger charge is 2.53. The summed E-state index contributed by atoms with van der Waals surface area (Å²) in [6, 6.07) is 15.4. The number of carbonyl (C=O) groups excluding carboxylic acids is 3. The Hall–Kier alpha value is -2.99. The molecule has 0 radical (unpaired) electrons. The van der Waals surface area contributed by atoms with Gasteiger partial charge < -0.3 is 10.1 Å². The van der Waals surface area contributed by atoms with Crippen LogP contribution >= 0.6 is 0 Å². The van der Waals surface area contributed by atoms with Gasteiger partial charge in [0.05, 0.1) is 5.41 Å². The van der Waals surface area contributed by atoms with E-state index in [1.807, 2.05) is 62.4 Å². The van der Waals surface area contributed by atoms with Crippen LogP contribution in [0.5, 0.6) is 0 Å². The van der Waals surface area contributed by atoms with E-state index >= 15 is 0 Å². The van der Waals surface area contributed by atoms with Crippen molar-refractivity contribution in [3.8, 4) is 0 Å². The Morgan fingerprint density at radius 2 is 1.81 bits per heavy atom. The quantitative estimate of drug-likeness (QED) is 0.498. The predicted octanol–water partition coefficient (Wildman–Crippen LogP) is 3.04. The first-order chi connectivity index (χ1) is 14.9. The minimum atomic E-state index is -1.17. The molecular weight excluding hydrogens is 392 g/mol. The van der Waals surface area contributed by atoms with Gasteiger partial charge >= 0.3 is 0 Å². The Morgan fingerprint density at radius 1 is 1.10 bits per heavy atom. The SMILES string of the molecule is COCCCN1C(=O)C[C@](CC(=O)NCc2ccc(C)cc2)(c2ccccc2C)C1=O. The second-order valence-electron chi connectivity index (χ2n) is 8.21. The lowest BCUT2D eigenvalue weighted by Gasteiger charge is -2.28. The van der Waals surface area contributed by atoms with Crippen molar-refractivity contribution in [2.45, 2.75) is 45.1 Å². The lowest BCUT2D eigenvalue weighted by Crippen LogP contribution is -2.43. The molecule has 0 aromatic heterocycles. The molecular formula is C25H30N2O4. The first kappa shape index (κ1) is 22.7. The van der Waals surface area contributed by atoms with Crippen LogP contribution in [0.1, 0.15) is 41.5 Å². The highest BCUT2D eigenvalue weighted by Crippen LogP contribution is 2.41. The molecule has 0 unspecified atom stereocenters. The molecule has 1 aliphatic rings. The van der Waals surface area contributed by atoms with Gasteiger partial charge in [0.1, 0.15) is 0 Å². The summed E-state index contributed by atoms with van der Waals surface area (Å²) in [7, 11) is 1.59. The average Bonchev–Trinajstić information content (AvgIpc) is 2.98. The Balaban J connectivity index is 1.83. The largest absolute Gasteiger partial charge is 0.385 e. The van der Waals surface area contributed by atoms with Gasteiger partial charge in [0.25, 0.3) is 0 Å². The highest BCUT2D eigenvalue weighted by molar-refractivity contribution is 6.10. The number of methoxy groups -OCH3 is 1. The molecule has 3 rings (SSSR count). The molecule has 2 aromatic rings. The van der Waals surface area contributed by atoms with E-state index in [0.717, 1.165) is 22.3 Å². The van der Waals surface area contributed by atoms with Gasteiger partial charge in [0, 0.05) is 39.6 Å². The van der Waals surface area contributed by atoms with Crippen LogP contribution in [0.3, 0.4) is 0 Å². The number of imide groups is 1. The molecule has 1 aliphatic heterocycles. The molecule has 1 saturated heterocycles. The monoisotopic (exact) mass is 422 g/mol. The molecule has 31 heavy (non-hydrogen) atoms. The van der Waals surface area contributed by atoms with Crippen molar-refractivity contribution in [3.05, 3.63) is 70.8 Å². The number of amides is 3. The van der Waals surface area contributed by atoms with Crippen LogP contribution in [0.4, 0.5) is 0 Å². The van der Waals surface area contributed by atoms with Gasteiger partial charge in [-0.3, -0.25) is 19.3 Å². The van der Waals surface area contributed by atoms with E-state index in [2.05, 4.69) is 5.32 Å². The molecule has 1 fully saturated rings. The van der Waals surface area contributed by atoms with Crippen LogP contribution in [-0.2, 0) is 31.1 Å². The molecule has 3 amide bonds. The average molecular weight is 423 g/mol. The van der Waals surface area contributed by atoms with Crippen LogP contribution in [0.2, 0.25) is 0 Å². The van der Waals surface area contributed by atoms with Crippen molar-refractivity contribution in [2.24, 2.45) is 0 Å². The maximum absolute atomic E-state index is 13.5. The van der Waals surface area contributed by atoms with Gasteiger partial charge in [-0.1, -0.05) is 54.1 Å². The molecule has 1 heterocycles. The van der Waals surface area contributed by atoms with Crippen molar-refractivity contribution in [2.75, 3.05) is 20.3 Å². The summed E-state index contributed by atoms with van der Waals surface area (Å²) in [5.74, 6) is -0.784. The van der Waals surface area contributed by atoms with Gasteiger partial charge in [0.15, 0.2) is 0 Å². The summed E-state index contributed by atoms with van der Waals surface area (Å²) in [5, 5.41) is 2.92. The second kappa shape index (κ2) is 9.88. The van der Waals surface area contributed by atoms with Crippen molar-refractivity contribution in [1.29, 1.82) is 0 Å². The lowest BCUT2D eigenvalue weighted by molar-refractivity contribution is -0.141. The summed E-state index contributed by atoms with van der Waals surface area (Å²) < 4.78 is 5.06. The van der Waals surface area contributed by atoms with E-state index < -0.39 is 5.41 Å². The first-order valence-corrected chi connectivity index (χ1v) is 10.6. The maximum Gasteiger partial charge on any atom is 0.240 e. The van der Waals surface area contributed by atoms with Gasteiger partial charge in [-0.15, -0.1) is 0 Å². The molecule has 2 aromatic carbocycles. The van der Waals surface area contributed by atoms with E-state index in [9.17, 15) is 14.4 Å². The van der Waals surface area contributed by atoms with Gasteiger partial charge in [-0.2, -0.15) is 0 Å². The standard InChI is InChI=1S/C25H30N2O4/c1-18-9-11-20(12-10-18)17-26-22(28)15-25(21-8-5-4-7-19(21)2)16-23(29)27(24(25)30)13-6-14-31-3/h4-5,7-12H,6,13-17H2,1-3H3,(H,26,28)/t25-/m1/s1. The minimum Gasteiger partial charge on any atom is -0.385 e. The number of benzene rings is 2. The lowest BCUT2D eigenvalue weighted by atomic mass is 9.74. The summed E-state index contributed by atoms with van der Waals surface area (Å²) >= 11 is 0. The number of nitrogens with one attached hydrogen (secondary N) is 1. The van der Waals surface area contributed by atoms with E-state index in [4.69, 9.17) is 4.74 Å². The molecule has 0 bridgehead atoms. The number of likely N-dealkylation sites (tertiary alicyclic amines) is 1. The zero-order chi connectivity index (χ0) is 22.4. The Bertz CT molecular complexity index is 954. The normalized spacial score (nSPS) is 18.5. The third-order valence-electron chi connectivity index (χ3n) is 5.87. The second-order valence-corrected chi connectivity index (χ2v) is 8.21. The summed E-state index contributed by atoms with van der Waals surface area (Å²) in [5.41, 5.74) is 2.60. The zero-order valence-corrected chi connectivity index (χ0v) is 18.4. The summed E-state index contributed by atoms with van der Waals surface area (Å²) in [6.07, 6.45) is 0.508. The fourth-order valence-electron chi connectivity index (χ4n) is 4.19. The number of hydrogen-bond donors (Lipinski definition) is 1. The third-order valence-corrected chi connectivity index (χ3v) is 5.87. The molecule has 6 nitrogen and oxygen atoms in total. The molecule has 6 heteroatoms. The number of ether oxygens (including phenoxy) is 1. The number of carbonyl (C=O) groups is 3. The maximum atomic E-state index is 13.5. The van der Waals surface area contributed by atoms with Crippen molar-refractivity contribution >= 4 is 17.7 Å². The number of rotatable bonds is 9. The van der Waals surface area contributed by atoms with Gasteiger partial charge in [0.2, 0.25) is 17.7 Å². The van der Waals surface area contributed by atoms with E-state index in [1.54, 1.807) is 7.11 Å². The molecule has 0 spiro atoms. The van der Waals surface area contributed by atoms with Crippen LogP contribution in [0.15, 0.2) is 48.5 Å². The Labute approximate surface area is 183 Å². The molecule has 0 aliphatic carbocycles. The predicted molar refractivity (Wildman–Crippen MR) is 118 cm³/mol. The van der Waals surface area contributed by atoms with Crippen LogP contribution in [0.25, 0.3) is 0 Å². The van der Waals surface area contributed by atoms with Crippen molar-refractivity contribution in [3.63, 3.8) is 0 Å². The van der Waals surface area contributed by atoms with Crippen LogP contribution in [-0.4, -0.2) is 42.9 Å². The van der Waals surface area contributed by atoms with E-state index in [1.165, 1.54) is 4.90 Å². The van der Waals surface area contributed by atoms with Crippen LogP contribution < -0.4 is 5.32 Å².